The van der Waals surface area contributed by atoms with Gasteiger partial charge in [-0.2, -0.15) is 0 Å². The van der Waals surface area contributed by atoms with Crippen molar-refractivity contribution in [3.05, 3.63) is 23.8 Å². The minimum atomic E-state index is 0.802. The van der Waals surface area contributed by atoms with Crippen LogP contribution in [-0.2, 0) is 4.74 Å². The lowest BCUT2D eigenvalue weighted by Gasteiger charge is -2.21. The van der Waals surface area contributed by atoms with Crippen LogP contribution in [0.4, 0.5) is 11.4 Å². The summed E-state index contributed by atoms with van der Waals surface area (Å²) in [5, 5.41) is 0. The van der Waals surface area contributed by atoms with Crippen molar-refractivity contribution in [1.29, 1.82) is 0 Å². The van der Waals surface area contributed by atoms with E-state index in [2.05, 4.69) is 24.9 Å². The zero-order chi connectivity index (χ0) is 12.3. The summed E-state index contributed by atoms with van der Waals surface area (Å²) >= 11 is 0. The standard InChI is InChI=1S/C14H22N2O/c1-11-9-13(15)5-6-14(11)16(2)7-8-17-10-12-3-4-12/h5-6,9,12H,3-4,7-8,10,15H2,1-2H3. The van der Waals surface area contributed by atoms with Crippen LogP contribution in [0.2, 0.25) is 0 Å². The predicted molar refractivity (Wildman–Crippen MR) is 72.4 cm³/mol. The maximum absolute atomic E-state index is 5.75. The van der Waals surface area contributed by atoms with Crippen molar-refractivity contribution in [3.63, 3.8) is 0 Å². The number of nitrogen functional groups attached to an aromatic ring is 1. The summed E-state index contributed by atoms with van der Waals surface area (Å²) in [5.41, 5.74) is 9.02. The first kappa shape index (κ1) is 12.2. The monoisotopic (exact) mass is 234 g/mol. The molecule has 0 spiro atoms. The molecule has 2 rings (SSSR count). The second-order valence-electron chi connectivity index (χ2n) is 4.99. The maximum atomic E-state index is 5.75. The van der Waals surface area contributed by atoms with E-state index in [0.29, 0.717) is 0 Å². The Morgan fingerprint density at radius 1 is 1.41 bits per heavy atom. The molecule has 1 aliphatic carbocycles. The minimum Gasteiger partial charge on any atom is -0.399 e. The molecule has 0 unspecified atom stereocenters. The predicted octanol–water partition coefficient (Wildman–Crippen LogP) is 2.44. The summed E-state index contributed by atoms with van der Waals surface area (Å²) in [5.74, 6) is 0.846. The lowest BCUT2D eigenvalue weighted by molar-refractivity contribution is 0.131. The number of anilines is 2. The summed E-state index contributed by atoms with van der Waals surface area (Å²) in [6.45, 7) is 4.76. The molecule has 17 heavy (non-hydrogen) atoms. The van der Waals surface area contributed by atoms with Crippen molar-refractivity contribution in [3.8, 4) is 0 Å². The molecule has 0 atom stereocenters. The normalized spacial score (nSPS) is 14.9. The molecular formula is C14H22N2O. The fourth-order valence-electron chi connectivity index (χ4n) is 1.96. The first-order valence-corrected chi connectivity index (χ1v) is 6.32. The van der Waals surface area contributed by atoms with E-state index in [0.717, 1.165) is 31.4 Å². The molecule has 0 amide bonds. The summed E-state index contributed by atoms with van der Waals surface area (Å²) in [6, 6.07) is 6.03. The van der Waals surface area contributed by atoms with Gasteiger partial charge in [-0.15, -0.1) is 0 Å². The summed E-state index contributed by atoms with van der Waals surface area (Å²) in [4.78, 5) is 2.22. The van der Waals surface area contributed by atoms with Crippen molar-refractivity contribution >= 4 is 11.4 Å². The third-order valence-electron chi connectivity index (χ3n) is 3.25. The van der Waals surface area contributed by atoms with Crippen molar-refractivity contribution in [2.75, 3.05) is 37.4 Å². The highest BCUT2D eigenvalue weighted by molar-refractivity contribution is 5.58. The largest absolute Gasteiger partial charge is 0.399 e. The fraction of sp³-hybridized carbons (Fsp3) is 0.571. The molecule has 0 bridgehead atoms. The summed E-state index contributed by atoms with van der Waals surface area (Å²) in [7, 11) is 2.10. The van der Waals surface area contributed by atoms with Crippen LogP contribution in [0.3, 0.4) is 0 Å². The van der Waals surface area contributed by atoms with E-state index in [-0.39, 0.29) is 0 Å². The molecule has 0 radical (unpaired) electrons. The van der Waals surface area contributed by atoms with Gasteiger partial charge in [0.05, 0.1) is 6.61 Å². The third-order valence-corrected chi connectivity index (χ3v) is 3.25. The molecule has 94 valence electrons. The molecule has 0 aromatic heterocycles. The van der Waals surface area contributed by atoms with Crippen LogP contribution in [0.5, 0.6) is 0 Å². The third kappa shape index (κ3) is 3.63. The van der Waals surface area contributed by atoms with Crippen LogP contribution in [0.15, 0.2) is 18.2 Å². The Bertz CT molecular complexity index is 374. The molecule has 1 aliphatic rings. The van der Waals surface area contributed by atoms with Gasteiger partial charge in [-0.05, 0) is 49.4 Å². The highest BCUT2D eigenvalue weighted by Gasteiger charge is 2.20. The lowest BCUT2D eigenvalue weighted by atomic mass is 10.1. The van der Waals surface area contributed by atoms with E-state index >= 15 is 0 Å². The lowest BCUT2D eigenvalue weighted by Crippen LogP contribution is -2.23. The number of aryl methyl sites for hydroxylation is 1. The maximum Gasteiger partial charge on any atom is 0.0641 e. The Hall–Kier alpha value is -1.22. The quantitative estimate of drug-likeness (QED) is 0.607. The Labute approximate surface area is 104 Å². The van der Waals surface area contributed by atoms with Gasteiger partial charge in [0.25, 0.3) is 0 Å². The molecule has 1 saturated carbocycles. The van der Waals surface area contributed by atoms with Gasteiger partial charge in [0, 0.05) is 31.6 Å². The fourth-order valence-corrected chi connectivity index (χ4v) is 1.96. The molecular weight excluding hydrogens is 212 g/mol. The summed E-state index contributed by atoms with van der Waals surface area (Å²) in [6.07, 6.45) is 2.71. The molecule has 3 heteroatoms. The first-order chi connectivity index (χ1) is 8.16. The highest BCUT2D eigenvalue weighted by Crippen LogP contribution is 2.28. The van der Waals surface area contributed by atoms with E-state index in [1.807, 2.05) is 12.1 Å². The molecule has 0 heterocycles. The minimum absolute atomic E-state index is 0.802. The number of nitrogens with zero attached hydrogens (tertiary/aromatic N) is 1. The van der Waals surface area contributed by atoms with E-state index in [1.165, 1.54) is 24.1 Å². The molecule has 2 N–H and O–H groups in total. The zero-order valence-corrected chi connectivity index (χ0v) is 10.8. The van der Waals surface area contributed by atoms with E-state index in [1.54, 1.807) is 0 Å². The van der Waals surface area contributed by atoms with Gasteiger partial charge in [-0.1, -0.05) is 0 Å². The average Bonchev–Trinajstić information content (AvgIpc) is 3.08. The number of hydrogen-bond donors (Lipinski definition) is 1. The van der Waals surface area contributed by atoms with Crippen molar-refractivity contribution in [2.24, 2.45) is 5.92 Å². The molecule has 0 aliphatic heterocycles. The van der Waals surface area contributed by atoms with Gasteiger partial charge in [-0.3, -0.25) is 0 Å². The van der Waals surface area contributed by atoms with Gasteiger partial charge >= 0.3 is 0 Å². The molecule has 1 fully saturated rings. The zero-order valence-electron chi connectivity index (χ0n) is 10.8. The van der Waals surface area contributed by atoms with Gasteiger partial charge < -0.3 is 15.4 Å². The van der Waals surface area contributed by atoms with Crippen LogP contribution in [0, 0.1) is 12.8 Å². The van der Waals surface area contributed by atoms with Gasteiger partial charge in [-0.25, -0.2) is 0 Å². The number of likely N-dealkylation sites (N-methyl/N-ethyl adjacent to an activating group) is 1. The molecule has 3 nitrogen and oxygen atoms in total. The Morgan fingerprint density at radius 2 is 2.18 bits per heavy atom. The van der Waals surface area contributed by atoms with Gasteiger partial charge in [0.2, 0.25) is 0 Å². The molecule has 0 saturated heterocycles. The average molecular weight is 234 g/mol. The van der Waals surface area contributed by atoms with Crippen LogP contribution in [-0.4, -0.2) is 26.8 Å². The molecule has 1 aromatic rings. The Kier molecular flexibility index (Phi) is 3.89. The van der Waals surface area contributed by atoms with Crippen molar-refractivity contribution in [2.45, 2.75) is 19.8 Å². The number of benzene rings is 1. The van der Waals surface area contributed by atoms with Crippen LogP contribution >= 0.6 is 0 Å². The van der Waals surface area contributed by atoms with E-state index in [9.17, 15) is 0 Å². The number of hydrogen-bond acceptors (Lipinski definition) is 3. The number of nitrogens with two attached hydrogens (primary N) is 1. The van der Waals surface area contributed by atoms with Gasteiger partial charge in [0.1, 0.15) is 0 Å². The number of ether oxygens (including phenoxy) is 1. The van der Waals surface area contributed by atoms with Crippen molar-refractivity contribution in [1.82, 2.24) is 0 Å². The van der Waals surface area contributed by atoms with Crippen LogP contribution < -0.4 is 10.6 Å². The first-order valence-electron chi connectivity index (χ1n) is 6.32. The second-order valence-corrected chi connectivity index (χ2v) is 4.99. The van der Waals surface area contributed by atoms with Gasteiger partial charge in [0.15, 0.2) is 0 Å². The van der Waals surface area contributed by atoms with Crippen LogP contribution in [0.1, 0.15) is 18.4 Å². The SMILES string of the molecule is Cc1cc(N)ccc1N(C)CCOCC1CC1. The second kappa shape index (κ2) is 5.41. The van der Waals surface area contributed by atoms with Crippen LogP contribution in [0.25, 0.3) is 0 Å². The Balaban J connectivity index is 1.78. The number of rotatable bonds is 6. The van der Waals surface area contributed by atoms with E-state index in [4.69, 9.17) is 10.5 Å². The molecule has 1 aromatic carbocycles. The van der Waals surface area contributed by atoms with E-state index < -0.39 is 0 Å². The highest BCUT2D eigenvalue weighted by atomic mass is 16.5. The van der Waals surface area contributed by atoms with Crippen molar-refractivity contribution < 1.29 is 4.74 Å². The topological polar surface area (TPSA) is 38.5 Å². The summed E-state index contributed by atoms with van der Waals surface area (Å²) < 4.78 is 5.65. The smallest absolute Gasteiger partial charge is 0.0641 e. The Morgan fingerprint density at radius 3 is 2.82 bits per heavy atom.